The number of benzene rings is 1. The summed E-state index contributed by atoms with van der Waals surface area (Å²) in [4.78, 5) is 11.3. The molecule has 0 aliphatic carbocycles. The van der Waals surface area contributed by atoms with E-state index in [-0.39, 0.29) is 5.78 Å². The molecule has 0 heterocycles. The SMILES string of the molecule is COC(N)C(=O)c1ccccc1. The molecule has 3 heteroatoms. The number of Topliss-reactive ketones (excluding diaryl/α,β-unsaturated/α-hetero) is 1. The van der Waals surface area contributed by atoms with Gasteiger partial charge in [0.1, 0.15) is 0 Å². The van der Waals surface area contributed by atoms with Crippen LogP contribution < -0.4 is 5.73 Å². The molecule has 64 valence electrons. The number of ether oxygens (including phenoxy) is 1. The molecule has 1 rings (SSSR count). The molecule has 12 heavy (non-hydrogen) atoms. The molecule has 1 aromatic rings. The third kappa shape index (κ3) is 1.90. The lowest BCUT2D eigenvalue weighted by molar-refractivity contribution is 0.0624. The molecular formula is C9H11NO2. The fourth-order valence-corrected chi connectivity index (χ4v) is 0.874. The maximum atomic E-state index is 11.3. The zero-order valence-electron chi connectivity index (χ0n) is 6.86. The van der Waals surface area contributed by atoms with E-state index >= 15 is 0 Å². The predicted octanol–water partition coefficient (Wildman–Crippen LogP) is 0.800. The van der Waals surface area contributed by atoms with Crippen molar-refractivity contribution in [1.82, 2.24) is 0 Å². The van der Waals surface area contributed by atoms with Gasteiger partial charge in [-0.15, -0.1) is 0 Å². The first kappa shape index (κ1) is 8.90. The van der Waals surface area contributed by atoms with E-state index in [0.717, 1.165) is 0 Å². The third-order valence-electron chi connectivity index (χ3n) is 1.57. The molecule has 1 atom stereocenters. The minimum atomic E-state index is -0.854. The smallest absolute Gasteiger partial charge is 0.206 e. The van der Waals surface area contributed by atoms with Gasteiger partial charge in [0, 0.05) is 12.7 Å². The lowest BCUT2D eigenvalue weighted by Crippen LogP contribution is -2.32. The second-order valence-electron chi connectivity index (χ2n) is 2.39. The Bertz CT molecular complexity index is 258. The molecule has 0 amide bonds. The van der Waals surface area contributed by atoms with Crippen molar-refractivity contribution in [1.29, 1.82) is 0 Å². The Balaban J connectivity index is 2.79. The van der Waals surface area contributed by atoms with Gasteiger partial charge in [0.15, 0.2) is 6.23 Å². The summed E-state index contributed by atoms with van der Waals surface area (Å²) in [6, 6.07) is 8.84. The summed E-state index contributed by atoms with van der Waals surface area (Å²) in [7, 11) is 1.41. The maximum Gasteiger partial charge on any atom is 0.206 e. The van der Waals surface area contributed by atoms with Crippen LogP contribution in [0.2, 0.25) is 0 Å². The second kappa shape index (κ2) is 3.99. The number of methoxy groups -OCH3 is 1. The third-order valence-corrected chi connectivity index (χ3v) is 1.57. The Labute approximate surface area is 71.1 Å². The van der Waals surface area contributed by atoms with Gasteiger partial charge in [-0.05, 0) is 0 Å². The molecule has 2 N–H and O–H groups in total. The molecule has 0 fully saturated rings. The van der Waals surface area contributed by atoms with Crippen LogP contribution in [0.5, 0.6) is 0 Å². The molecule has 0 spiro atoms. The van der Waals surface area contributed by atoms with E-state index < -0.39 is 6.23 Å². The summed E-state index contributed by atoms with van der Waals surface area (Å²) >= 11 is 0. The van der Waals surface area contributed by atoms with E-state index in [4.69, 9.17) is 10.5 Å². The Morgan fingerprint density at radius 1 is 1.42 bits per heavy atom. The number of hydrogen-bond acceptors (Lipinski definition) is 3. The summed E-state index contributed by atoms with van der Waals surface area (Å²) in [5, 5.41) is 0. The van der Waals surface area contributed by atoms with Crippen molar-refractivity contribution < 1.29 is 9.53 Å². The highest BCUT2D eigenvalue weighted by molar-refractivity contribution is 5.98. The number of hydrogen-bond donors (Lipinski definition) is 1. The maximum absolute atomic E-state index is 11.3. The highest BCUT2D eigenvalue weighted by atomic mass is 16.5. The van der Waals surface area contributed by atoms with Gasteiger partial charge in [-0.3, -0.25) is 10.5 Å². The van der Waals surface area contributed by atoms with Gasteiger partial charge in [-0.2, -0.15) is 0 Å². The van der Waals surface area contributed by atoms with Crippen LogP contribution in [0.3, 0.4) is 0 Å². The molecule has 0 bridgehead atoms. The Morgan fingerprint density at radius 3 is 2.50 bits per heavy atom. The molecule has 0 radical (unpaired) electrons. The molecule has 0 aliphatic heterocycles. The average molecular weight is 165 g/mol. The quantitative estimate of drug-likeness (QED) is 0.532. The van der Waals surface area contributed by atoms with Crippen molar-refractivity contribution in [3.63, 3.8) is 0 Å². The Hall–Kier alpha value is -1.19. The van der Waals surface area contributed by atoms with Crippen molar-refractivity contribution in [2.75, 3.05) is 7.11 Å². The van der Waals surface area contributed by atoms with Crippen molar-refractivity contribution in [3.05, 3.63) is 35.9 Å². The van der Waals surface area contributed by atoms with Crippen LogP contribution in [0.15, 0.2) is 30.3 Å². The highest BCUT2D eigenvalue weighted by Crippen LogP contribution is 2.01. The van der Waals surface area contributed by atoms with Gasteiger partial charge in [0.05, 0.1) is 0 Å². The summed E-state index contributed by atoms with van der Waals surface area (Å²) in [5.74, 6) is -0.196. The fourth-order valence-electron chi connectivity index (χ4n) is 0.874. The minimum absolute atomic E-state index is 0.196. The molecule has 0 saturated carbocycles. The van der Waals surface area contributed by atoms with Crippen molar-refractivity contribution in [2.45, 2.75) is 6.23 Å². The van der Waals surface area contributed by atoms with Crippen LogP contribution in [0.1, 0.15) is 10.4 Å². The van der Waals surface area contributed by atoms with E-state index in [1.807, 2.05) is 6.07 Å². The molecule has 1 aromatic carbocycles. The van der Waals surface area contributed by atoms with Crippen molar-refractivity contribution >= 4 is 5.78 Å². The molecule has 0 aliphatic rings. The molecule has 0 aromatic heterocycles. The van der Waals surface area contributed by atoms with Gasteiger partial charge in [-0.1, -0.05) is 30.3 Å². The van der Waals surface area contributed by atoms with Crippen LogP contribution >= 0.6 is 0 Å². The van der Waals surface area contributed by atoms with Crippen molar-refractivity contribution in [3.8, 4) is 0 Å². The lowest BCUT2D eigenvalue weighted by atomic mass is 10.1. The lowest BCUT2D eigenvalue weighted by Gasteiger charge is -2.07. The van der Waals surface area contributed by atoms with Crippen LogP contribution in [0, 0.1) is 0 Å². The summed E-state index contributed by atoms with van der Waals surface area (Å²) < 4.78 is 4.69. The van der Waals surface area contributed by atoms with E-state index in [1.54, 1.807) is 24.3 Å². The van der Waals surface area contributed by atoms with Crippen molar-refractivity contribution in [2.24, 2.45) is 5.73 Å². The van der Waals surface area contributed by atoms with Gasteiger partial charge >= 0.3 is 0 Å². The van der Waals surface area contributed by atoms with Gasteiger partial charge in [0.25, 0.3) is 0 Å². The monoisotopic (exact) mass is 165 g/mol. The number of nitrogens with two attached hydrogens (primary N) is 1. The van der Waals surface area contributed by atoms with E-state index in [2.05, 4.69) is 0 Å². The van der Waals surface area contributed by atoms with E-state index in [9.17, 15) is 4.79 Å². The topological polar surface area (TPSA) is 52.3 Å². The van der Waals surface area contributed by atoms with Gasteiger partial charge in [0.2, 0.25) is 5.78 Å². The number of carbonyl (C=O) groups excluding carboxylic acids is 1. The van der Waals surface area contributed by atoms with Gasteiger partial charge < -0.3 is 4.74 Å². The van der Waals surface area contributed by atoms with E-state index in [0.29, 0.717) is 5.56 Å². The first-order chi connectivity index (χ1) is 5.75. The fraction of sp³-hybridized carbons (Fsp3) is 0.222. The normalized spacial score (nSPS) is 12.5. The largest absolute Gasteiger partial charge is 0.359 e. The predicted molar refractivity (Wildman–Crippen MR) is 45.8 cm³/mol. The average Bonchev–Trinajstić information content (AvgIpc) is 2.17. The molecule has 1 unspecified atom stereocenters. The minimum Gasteiger partial charge on any atom is -0.359 e. The number of carbonyl (C=O) groups is 1. The number of rotatable bonds is 3. The summed E-state index contributed by atoms with van der Waals surface area (Å²) in [5.41, 5.74) is 5.95. The standard InChI is InChI=1S/C9H11NO2/c1-12-9(10)8(11)7-5-3-2-4-6-7/h2-6,9H,10H2,1H3. The van der Waals surface area contributed by atoms with Crippen LogP contribution in [0.4, 0.5) is 0 Å². The molecule has 3 nitrogen and oxygen atoms in total. The van der Waals surface area contributed by atoms with Crippen LogP contribution in [-0.2, 0) is 4.74 Å². The zero-order valence-corrected chi connectivity index (χ0v) is 6.86. The van der Waals surface area contributed by atoms with Crippen LogP contribution in [-0.4, -0.2) is 19.1 Å². The molecule has 0 saturated heterocycles. The Morgan fingerprint density at radius 2 is 2.00 bits per heavy atom. The summed E-state index contributed by atoms with van der Waals surface area (Å²) in [6.45, 7) is 0. The van der Waals surface area contributed by atoms with Gasteiger partial charge in [-0.25, -0.2) is 0 Å². The second-order valence-corrected chi connectivity index (χ2v) is 2.39. The van der Waals surface area contributed by atoms with E-state index in [1.165, 1.54) is 7.11 Å². The summed E-state index contributed by atoms with van der Waals surface area (Å²) in [6.07, 6.45) is -0.854. The highest BCUT2D eigenvalue weighted by Gasteiger charge is 2.13. The first-order valence-corrected chi connectivity index (χ1v) is 3.63. The number of ketones is 1. The molecular weight excluding hydrogens is 154 g/mol. The van der Waals surface area contributed by atoms with Crippen LogP contribution in [0.25, 0.3) is 0 Å². The first-order valence-electron chi connectivity index (χ1n) is 3.63. The zero-order chi connectivity index (χ0) is 8.97. The Kier molecular flexibility index (Phi) is 2.96.